The Bertz CT molecular complexity index is 700. The van der Waals surface area contributed by atoms with Gasteiger partial charge in [0.05, 0.1) is 4.92 Å². The summed E-state index contributed by atoms with van der Waals surface area (Å²) in [5.74, 6) is -0.695. The molecule has 2 rings (SSSR count). The minimum absolute atomic E-state index is 0.0512. The van der Waals surface area contributed by atoms with E-state index in [9.17, 15) is 19.7 Å². The predicted molar refractivity (Wildman–Crippen MR) is 82.7 cm³/mol. The van der Waals surface area contributed by atoms with Crippen molar-refractivity contribution in [2.24, 2.45) is 5.73 Å². The first-order chi connectivity index (χ1) is 11.0. The van der Waals surface area contributed by atoms with Gasteiger partial charge in [-0.1, -0.05) is 6.07 Å². The third-order valence-electron chi connectivity index (χ3n) is 2.89. The Hall–Kier alpha value is -2.94. The number of hydrogen-bond donors (Lipinski definition) is 2. The first-order valence-corrected chi connectivity index (χ1v) is 7.34. The van der Waals surface area contributed by atoms with E-state index in [2.05, 4.69) is 5.32 Å². The Morgan fingerprint density at radius 1 is 1.30 bits per heavy atom. The first-order valence-electron chi connectivity index (χ1n) is 6.46. The van der Waals surface area contributed by atoms with Crippen LogP contribution < -0.4 is 11.1 Å². The van der Waals surface area contributed by atoms with E-state index in [1.165, 1.54) is 35.6 Å². The summed E-state index contributed by atoms with van der Waals surface area (Å²) < 4.78 is 4.98. The molecule has 1 aromatic carbocycles. The lowest BCUT2D eigenvalue weighted by atomic mass is 10.2. The summed E-state index contributed by atoms with van der Waals surface area (Å²) >= 11 is 1.29. The Kier molecular flexibility index (Phi) is 5.26. The number of carbonyl (C=O) groups excluding carboxylic acids is 2. The highest BCUT2D eigenvalue weighted by molar-refractivity contribution is 7.10. The molecule has 0 bridgehead atoms. The minimum atomic E-state index is -0.959. The van der Waals surface area contributed by atoms with Gasteiger partial charge in [-0.3, -0.25) is 14.9 Å². The summed E-state index contributed by atoms with van der Waals surface area (Å²) in [6.45, 7) is -0.0836. The monoisotopic (exact) mass is 335 g/mol. The lowest BCUT2D eigenvalue weighted by molar-refractivity contribution is -0.384. The van der Waals surface area contributed by atoms with Crippen LogP contribution in [0.5, 0.6) is 0 Å². The number of ether oxygens (including phenoxy) is 1. The van der Waals surface area contributed by atoms with Crippen LogP contribution in [0.25, 0.3) is 0 Å². The first kappa shape index (κ1) is 16.4. The second-order valence-corrected chi connectivity index (χ2v) is 5.47. The zero-order valence-corrected chi connectivity index (χ0v) is 12.6. The van der Waals surface area contributed by atoms with Crippen LogP contribution in [0.2, 0.25) is 0 Å². The normalized spacial score (nSPS) is 11.5. The van der Waals surface area contributed by atoms with Gasteiger partial charge in [0.15, 0.2) is 0 Å². The number of rotatable bonds is 6. The van der Waals surface area contributed by atoms with E-state index in [1.807, 2.05) is 0 Å². The molecule has 0 radical (unpaired) electrons. The number of non-ortho nitro benzene ring substituents is 1. The molecule has 0 saturated carbocycles. The van der Waals surface area contributed by atoms with Crippen molar-refractivity contribution in [3.8, 4) is 0 Å². The van der Waals surface area contributed by atoms with E-state index in [1.54, 1.807) is 17.5 Å². The quantitative estimate of drug-likeness (QED) is 0.618. The number of nitrogens with one attached hydrogen (secondary N) is 1. The summed E-state index contributed by atoms with van der Waals surface area (Å²) in [6, 6.07) is 8.05. The number of hydrogen-bond acceptors (Lipinski definition) is 6. The molecule has 0 spiro atoms. The van der Waals surface area contributed by atoms with Crippen LogP contribution in [0.15, 0.2) is 41.8 Å². The fourth-order valence-electron chi connectivity index (χ4n) is 1.76. The molecule has 8 nitrogen and oxygen atoms in total. The largest absolute Gasteiger partial charge is 0.445 e. The van der Waals surface area contributed by atoms with Crippen LogP contribution in [0.4, 0.5) is 10.5 Å². The van der Waals surface area contributed by atoms with Gasteiger partial charge in [-0.25, -0.2) is 4.79 Å². The van der Waals surface area contributed by atoms with E-state index >= 15 is 0 Å². The standard InChI is InChI=1S/C14H13N3O5S/c15-13(18)12(11-2-1-7-23-11)16-14(19)22-8-9-3-5-10(6-4-9)17(20)21/h1-7,12H,8H2,(H2,15,18)(H,16,19). The van der Waals surface area contributed by atoms with Crippen molar-refractivity contribution in [2.75, 3.05) is 0 Å². The highest BCUT2D eigenvalue weighted by Crippen LogP contribution is 2.19. The SMILES string of the molecule is NC(=O)C(NC(=O)OCc1ccc([N+](=O)[O-])cc1)c1cccs1. The molecule has 120 valence electrons. The Morgan fingerprint density at radius 3 is 2.52 bits per heavy atom. The maximum atomic E-state index is 11.8. The molecule has 1 atom stereocenters. The van der Waals surface area contributed by atoms with E-state index in [0.717, 1.165) is 0 Å². The number of thiophene rings is 1. The van der Waals surface area contributed by atoms with Crippen molar-refractivity contribution in [1.82, 2.24) is 5.32 Å². The topological polar surface area (TPSA) is 125 Å². The van der Waals surface area contributed by atoms with Crippen LogP contribution in [-0.2, 0) is 16.1 Å². The maximum Gasteiger partial charge on any atom is 0.408 e. The summed E-state index contributed by atoms with van der Waals surface area (Å²) in [4.78, 5) is 33.8. The van der Waals surface area contributed by atoms with E-state index < -0.39 is 23.0 Å². The van der Waals surface area contributed by atoms with Crippen molar-refractivity contribution in [3.63, 3.8) is 0 Å². The van der Waals surface area contributed by atoms with E-state index in [-0.39, 0.29) is 12.3 Å². The van der Waals surface area contributed by atoms with Crippen molar-refractivity contribution in [3.05, 3.63) is 62.3 Å². The van der Waals surface area contributed by atoms with Crippen LogP contribution in [-0.4, -0.2) is 16.9 Å². The Morgan fingerprint density at radius 2 is 2.00 bits per heavy atom. The van der Waals surface area contributed by atoms with Crippen LogP contribution in [0, 0.1) is 10.1 Å². The zero-order valence-electron chi connectivity index (χ0n) is 11.8. The van der Waals surface area contributed by atoms with Gasteiger partial charge in [-0.15, -0.1) is 11.3 Å². The van der Waals surface area contributed by atoms with Gasteiger partial charge in [-0.05, 0) is 29.1 Å². The number of benzene rings is 1. The molecule has 1 heterocycles. The van der Waals surface area contributed by atoms with Crippen LogP contribution in [0.1, 0.15) is 16.5 Å². The van der Waals surface area contributed by atoms with Gasteiger partial charge < -0.3 is 15.8 Å². The molecule has 0 saturated heterocycles. The second kappa shape index (κ2) is 7.36. The molecule has 1 aromatic heterocycles. The fourth-order valence-corrected chi connectivity index (χ4v) is 2.54. The summed E-state index contributed by atoms with van der Waals surface area (Å²) in [5, 5.41) is 14.7. The number of primary amides is 1. The Labute approximate surface area is 135 Å². The number of alkyl carbamates (subject to hydrolysis) is 1. The van der Waals surface area contributed by atoms with Gasteiger partial charge in [0.1, 0.15) is 12.6 Å². The second-order valence-electron chi connectivity index (χ2n) is 4.49. The number of nitrogens with two attached hydrogens (primary N) is 1. The van der Waals surface area contributed by atoms with Gasteiger partial charge in [0, 0.05) is 17.0 Å². The maximum absolute atomic E-state index is 11.8. The van der Waals surface area contributed by atoms with Crippen molar-refractivity contribution < 1.29 is 19.2 Å². The number of nitro groups is 1. The number of carbonyl (C=O) groups is 2. The van der Waals surface area contributed by atoms with Crippen LogP contribution >= 0.6 is 11.3 Å². The van der Waals surface area contributed by atoms with Crippen molar-refractivity contribution >= 4 is 29.0 Å². The summed E-state index contributed by atoms with van der Waals surface area (Å²) in [7, 11) is 0. The van der Waals surface area contributed by atoms with Gasteiger partial charge in [0.2, 0.25) is 5.91 Å². The molecule has 2 aromatic rings. The highest BCUT2D eigenvalue weighted by atomic mass is 32.1. The predicted octanol–water partition coefficient (Wildman–Crippen LogP) is 2.11. The number of amides is 2. The molecule has 0 aliphatic carbocycles. The third kappa shape index (κ3) is 4.51. The molecule has 3 N–H and O–H groups in total. The van der Waals surface area contributed by atoms with Crippen molar-refractivity contribution in [1.29, 1.82) is 0 Å². The summed E-state index contributed by atoms with van der Waals surface area (Å²) in [6.07, 6.45) is -0.805. The zero-order chi connectivity index (χ0) is 16.8. The molecular formula is C14H13N3O5S. The molecule has 0 fully saturated rings. The van der Waals surface area contributed by atoms with Crippen molar-refractivity contribution in [2.45, 2.75) is 12.6 Å². The van der Waals surface area contributed by atoms with Gasteiger partial charge in [-0.2, -0.15) is 0 Å². The number of nitrogens with zero attached hydrogens (tertiary/aromatic N) is 1. The highest BCUT2D eigenvalue weighted by Gasteiger charge is 2.21. The Balaban J connectivity index is 1.91. The fraction of sp³-hybridized carbons (Fsp3) is 0.143. The van der Waals surface area contributed by atoms with E-state index in [0.29, 0.717) is 10.4 Å². The van der Waals surface area contributed by atoms with E-state index in [4.69, 9.17) is 10.5 Å². The summed E-state index contributed by atoms with van der Waals surface area (Å²) in [5.41, 5.74) is 5.79. The molecule has 2 amide bonds. The minimum Gasteiger partial charge on any atom is -0.445 e. The van der Waals surface area contributed by atoms with Gasteiger partial charge >= 0.3 is 6.09 Å². The molecule has 0 aliphatic heterocycles. The number of nitro benzene ring substituents is 1. The van der Waals surface area contributed by atoms with Gasteiger partial charge in [0.25, 0.3) is 5.69 Å². The lowest BCUT2D eigenvalue weighted by Gasteiger charge is -2.14. The molecular weight excluding hydrogens is 322 g/mol. The smallest absolute Gasteiger partial charge is 0.408 e. The third-order valence-corrected chi connectivity index (χ3v) is 3.83. The lowest BCUT2D eigenvalue weighted by Crippen LogP contribution is -2.37. The molecule has 0 aliphatic rings. The molecule has 23 heavy (non-hydrogen) atoms. The molecule has 1 unspecified atom stereocenters. The average molecular weight is 335 g/mol. The molecule has 9 heteroatoms. The van der Waals surface area contributed by atoms with Crippen LogP contribution in [0.3, 0.4) is 0 Å². The average Bonchev–Trinajstić information content (AvgIpc) is 3.04.